The molecule has 230 valence electrons. The summed E-state index contributed by atoms with van der Waals surface area (Å²) in [6, 6.07) is 9.37. The third-order valence-electron chi connectivity index (χ3n) is 8.12. The molecule has 0 radical (unpaired) electrons. The molecule has 1 aromatic carbocycles. The van der Waals surface area contributed by atoms with Crippen molar-refractivity contribution in [2.75, 3.05) is 56.2 Å². The number of aliphatic hydroxyl groups is 1. The molecule has 0 amide bonds. The first-order chi connectivity index (χ1) is 20.1. The van der Waals surface area contributed by atoms with E-state index in [4.69, 9.17) is 14.7 Å². The van der Waals surface area contributed by atoms with Crippen molar-refractivity contribution in [3.05, 3.63) is 36.2 Å². The topological polar surface area (TPSA) is 91.6 Å². The summed E-state index contributed by atoms with van der Waals surface area (Å²) >= 11 is 0. The van der Waals surface area contributed by atoms with Gasteiger partial charge in [0.15, 0.2) is 5.82 Å². The second-order valence-corrected chi connectivity index (χ2v) is 12.8. The predicted molar refractivity (Wildman–Crippen MR) is 162 cm³/mol. The van der Waals surface area contributed by atoms with Gasteiger partial charge in [0.1, 0.15) is 11.6 Å². The first kappa shape index (κ1) is 30.6. The van der Waals surface area contributed by atoms with Gasteiger partial charge in [-0.25, -0.2) is 13.8 Å². The summed E-state index contributed by atoms with van der Waals surface area (Å²) in [6.07, 6.45) is 1.53. The van der Waals surface area contributed by atoms with Crippen molar-refractivity contribution in [3.63, 3.8) is 0 Å². The highest BCUT2D eigenvalue weighted by molar-refractivity contribution is 5.78. The minimum Gasteiger partial charge on any atom is -0.389 e. The Hall–Kier alpha value is -2.89. The third kappa shape index (κ3) is 7.54. The molecule has 0 bridgehead atoms. The van der Waals surface area contributed by atoms with Gasteiger partial charge in [-0.15, -0.1) is 0 Å². The molecule has 1 saturated carbocycles. The minimum absolute atomic E-state index is 0.330. The predicted octanol–water partition coefficient (Wildman–Crippen LogP) is 5.29. The molecule has 0 unspecified atom stereocenters. The van der Waals surface area contributed by atoms with E-state index in [1.807, 2.05) is 19.9 Å². The second-order valence-electron chi connectivity index (χ2n) is 12.8. The first-order valence-corrected chi connectivity index (χ1v) is 15.3. The lowest BCUT2D eigenvalue weighted by Gasteiger charge is -2.40. The van der Waals surface area contributed by atoms with Gasteiger partial charge < -0.3 is 20.1 Å². The fourth-order valence-corrected chi connectivity index (χ4v) is 6.26. The van der Waals surface area contributed by atoms with Crippen molar-refractivity contribution >= 4 is 22.8 Å². The fraction of sp³-hybridized carbons (Fsp3) is 0.645. The van der Waals surface area contributed by atoms with E-state index in [0.717, 1.165) is 32.2 Å². The number of anilines is 2. The largest absolute Gasteiger partial charge is 0.389 e. The number of imidazole rings is 1. The molecule has 0 spiro atoms. The molecule has 3 aromatic rings. The Morgan fingerprint density at radius 2 is 1.74 bits per heavy atom. The van der Waals surface area contributed by atoms with Gasteiger partial charge in [0.05, 0.1) is 29.8 Å². The van der Waals surface area contributed by atoms with E-state index in [1.165, 1.54) is 4.57 Å². The molecule has 5 rings (SSSR count). The zero-order valence-corrected chi connectivity index (χ0v) is 25.3. The summed E-state index contributed by atoms with van der Waals surface area (Å²) in [5.74, 6) is 2.15. The first-order valence-electron chi connectivity index (χ1n) is 15.3. The number of ether oxygens (including phenoxy) is 1. The van der Waals surface area contributed by atoms with Gasteiger partial charge in [-0.1, -0.05) is 26.0 Å². The zero-order chi connectivity index (χ0) is 29.9. The van der Waals surface area contributed by atoms with Crippen molar-refractivity contribution < 1.29 is 18.6 Å². The highest BCUT2D eigenvalue weighted by atomic mass is 19.3. The van der Waals surface area contributed by atoms with Crippen molar-refractivity contribution in [1.82, 2.24) is 24.4 Å². The number of benzene rings is 1. The Kier molecular flexibility index (Phi) is 9.59. The summed E-state index contributed by atoms with van der Waals surface area (Å²) in [4.78, 5) is 18.3. The van der Waals surface area contributed by atoms with Crippen LogP contribution in [0.15, 0.2) is 30.3 Å². The molecule has 0 atom stereocenters. The van der Waals surface area contributed by atoms with Crippen molar-refractivity contribution in [3.8, 4) is 5.82 Å². The number of nitrogens with one attached hydrogen (secondary N) is 1. The van der Waals surface area contributed by atoms with Gasteiger partial charge in [0, 0.05) is 44.8 Å². The molecular weight excluding hydrogens is 540 g/mol. The maximum Gasteiger partial charge on any atom is 0.296 e. The van der Waals surface area contributed by atoms with Crippen molar-refractivity contribution in [2.45, 2.75) is 71.4 Å². The minimum atomic E-state index is -2.75. The molecule has 2 fully saturated rings. The molecule has 42 heavy (non-hydrogen) atoms. The number of para-hydroxylation sites is 2. The molecule has 2 aromatic heterocycles. The molecule has 2 N–H and O–H groups in total. The van der Waals surface area contributed by atoms with Gasteiger partial charge in [-0.3, -0.25) is 9.47 Å². The number of halogens is 2. The zero-order valence-electron chi connectivity index (χ0n) is 25.3. The van der Waals surface area contributed by atoms with Gasteiger partial charge in [0.2, 0.25) is 5.95 Å². The Labute approximate surface area is 247 Å². The van der Waals surface area contributed by atoms with Gasteiger partial charge in [-0.05, 0) is 63.5 Å². The fourth-order valence-electron chi connectivity index (χ4n) is 6.26. The Morgan fingerprint density at radius 3 is 2.40 bits per heavy atom. The number of morpholine rings is 1. The lowest BCUT2D eigenvalue weighted by molar-refractivity contribution is 0.00640. The van der Waals surface area contributed by atoms with Crippen LogP contribution in [0.4, 0.5) is 20.5 Å². The summed E-state index contributed by atoms with van der Waals surface area (Å²) in [5, 5.41) is 13.9. The van der Waals surface area contributed by atoms with Crippen molar-refractivity contribution in [2.24, 2.45) is 11.8 Å². The highest BCUT2D eigenvalue weighted by Crippen LogP contribution is 2.31. The smallest absolute Gasteiger partial charge is 0.296 e. The number of hydrogen-bond acceptors (Lipinski definition) is 8. The van der Waals surface area contributed by atoms with Crippen LogP contribution in [0.25, 0.3) is 16.9 Å². The van der Waals surface area contributed by atoms with E-state index in [-0.39, 0.29) is 5.82 Å². The third-order valence-corrected chi connectivity index (χ3v) is 8.12. The number of nitrogens with zero attached hydrogens (tertiary/aromatic N) is 6. The van der Waals surface area contributed by atoms with Crippen molar-refractivity contribution in [1.29, 1.82) is 0 Å². The van der Waals surface area contributed by atoms with Crippen LogP contribution in [0.3, 0.4) is 0 Å². The maximum absolute atomic E-state index is 14.2. The van der Waals surface area contributed by atoms with E-state index in [1.54, 1.807) is 24.3 Å². The summed E-state index contributed by atoms with van der Waals surface area (Å²) in [6.45, 7) is 13.1. The van der Waals surface area contributed by atoms with Gasteiger partial charge in [0.25, 0.3) is 6.43 Å². The Morgan fingerprint density at radius 1 is 1.05 bits per heavy atom. The summed E-state index contributed by atoms with van der Waals surface area (Å²) in [5.41, 5.74) is 0.362. The highest BCUT2D eigenvalue weighted by Gasteiger charge is 2.30. The van der Waals surface area contributed by atoms with Gasteiger partial charge >= 0.3 is 0 Å². The average Bonchev–Trinajstić information content (AvgIpc) is 3.36. The van der Waals surface area contributed by atoms with Crippen LogP contribution in [0.2, 0.25) is 0 Å². The number of rotatable bonds is 11. The SMILES string of the molecule is CC(C)CN(CC(C)(C)O)[C@H]1CC[C@H](CNc2nc(N3CCOCC3)cc(-n3c(C(F)F)nc4ccccc43)n2)CC1. The number of aromatic nitrogens is 4. The normalized spacial score (nSPS) is 20.3. The number of fused-ring (bicyclic) bond motifs is 1. The van der Waals surface area contributed by atoms with E-state index >= 15 is 0 Å². The Balaban J connectivity index is 1.34. The molecule has 2 aliphatic rings. The van der Waals surface area contributed by atoms with Crippen LogP contribution in [-0.4, -0.2) is 87.1 Å². The standard InChI is InChI=1S/C31H45F2N7O2/c1-21(2)19-39(20-31(3,4)41)23-11-9-22(10-12-23)18-34-30-36-26(38-13-15-42-16-14-38)17-27(37-30)40-25-8-6-5-7-24(25)35-29(40)28(32)33/h5-8,17,21-23,28,41H,9-16,18-20H2,1-4H3,(H,34,36,37)/t22-,23-. The molecule has 9 nitrogen and oxygen atoms in total. The van der Waals surface area contributed by atoms with E-state index in [9.17, 15) is 13.9 Å². The average molecular weight is 586 g/mol. The van der Waals surface area contributed by atoms with E-state index < -0.39 is 12.0 Å². The molecule has 11 heteroatoms. The number of hydrogen-bond donors (Lipinski definition) is 2. The van der Waals surface area contributed by atoms with Crippen LogP contribution in [0.5, 0.6) is 0 Å². The number of alkyl halides is 2. The van der Waals surface area contributed by atoms with E-state index in [2.05, 4.69) is 33.9 Å². The van der Waals surface area contributed by atoms with E-state index in [0.29, 0.717) is 85.9 Å². The van der Waals surface area contributed by atoms with Crippen LogP contribution < -0.4 is 10.2 Å². The summed E-state index contributed by atoms with van der Waals surface area (Å²) in [7, 11) is 0. The quantitative estimate of drug-likeness (QED) is 0.314. The maximum atomic E-state index is 14.2. The summed E-state index contributed by atoms with van der Waals surface area (Å²) < 4.78 is 35.3. The molecule has 3 heterocycles. The monoisotopic (exact) mass is 585 g/mol. The van der Waals surface area contributed by atoms with Crippen LogP contribution >= 0.6 is 0 Å². The molecule has 1 aliphatic carbocycles. The van der Waals surface area contributed by atoms with Crippen LogP contribution in [-0.2, 0) is 4.74 Å². The molecule has 1 aliphatic heterocycles. The Bertz CT molecular complexity index is 1310. The molecule has 1 saturated heterocycles. The van der Waals surface area contributed by atoms with Crippen LogP contribution in [0, 0.1) is 11.8 Å². The van der Waals surface area contributed by atoms with Gasteiger partial charge in [-0.2, -0.15) is 9.97 Å². The second kappa shape index (κ2) is 13.2. The van der Waals surface area contributed by atoms with Crippen LogP contribution in [0.1, 0.15) is 65.6 Å². The lowest BCUT2D eigenvalue weighted by atomic mass is 9.84. The molecular formula is C31H45F2N7O2. The lowest BCUT2D eigenvalue weighted by Crippen LogP contribution is -2.47.